The molecule has 25 heavy (non-hydrogen) atoms. The molecule has 0 spiro atoms. The van der Waals surface area contributed by atoms with Crippen LogP contribution in [0.1, 0.15) is 13.3 Å². The molecule has 1 aromatic rings. The van der Waals surface area contributed by atoms with Crippen LogP contribution in [-0.2, 0) is 14.6 Å². The van der Waals surface area contributed by atoms with Crippen LogP contribution in [0.2, 0.25) is 5.02 Å². The van der Waals surface area contributed by atoms with Gasteiger partial charge in [0.1, 0.15) is 12.4 Å². The van der Waals surface area contributed by atoms with Crippen molar-refractivity contribution in [1.29, 1.82) is 0 Å². The zero-order chi connectivity index (χ0) is 18.6. The summed E-state index contributed by atoms with van der Waals surface area (Å²) in [5.41, 5.74) is 0. The topological polar surface area (TPSA) is 66.9 Å². The summed E-state index contributed by atoms with van der Waals surface area (Å²) in [7, 11) is 0.525. The van der Waals surface area contributed by atoms with Crippen LogP contribution in [0.5, 0.6) is 5.75 Å². The maximum absolute atomic E-state index is 12.6. The molecule has 0 saturated carbocycles. The normalized spacial score (nSPS) is 20.4. The summed E-state index contributed by atoms with van der Waals surface area (Å²) in [5.74, 6) is 0.830. The average molecular weight is 389 g/mol. The maximum Gasteiger partial charge on any atom is 0.239 e. The highest BCUT2D eigenvalue weighted by Gasteiger charge is 2.34. The van der Waals surface area contributed by atoms with Crippen molar-refractivity contribution in [3.8, 4) is 5.75 Å². The highest BCUT2D eigenvalue weighted by molar-refractivity contribution is 7.91. The van der Waals surface area contributed by atoms with E-state index in [1.165, 1.54) is 0 Å². The number of ether oxygens (including phenoxy) is 1. The quantitative estimate of drug-likeness (QED) is 0.711. The number of rotatable bonds is 7. The van der Waals surface area contributed by atoms with Gasteiger partial charge in [0, 0.05) is 24.7 Å². The van der Waals surface area contributed by atoms with Gasteiger partial charge in [0.05, 0.1) is 17.5 Å². The Balaban J connectivity index is 1.82. The third kappa shape index (κ3) is 5.59. The smallest absolute Gasteiger partial charge is 0.239 e. The van der Waals surface area contributed by atoms with E-state index in [4.69, 9.17) is 16.3 Å². The summed E-state index contributed by atoms with van der Waals surface area (Å²) >= 11 is 5.91. The second-order valence-corrected chi connectivity index (χ2v) is 9.13. The Morgan fingerprint density at radius 2 is 2.12 bits per heavy atom. The van der Waals surface area contributed by atoms with Crippen molar-refractivity contribution in [3.05, 3.63) is 29.3 Å². The lowest BCUT2D eigenvalue weighted by molar-refractivity contribution is -0.136. The standard InChI is InChI=1S/C17H25ClN2O4S/c1-13(17(21)20(3)15-7-10-25(22,23)12-15)19(2)8-9-24-16-6-4-5-14(18)11-16/h4-6,11,13,15H,7-10,12H2,1-3H3/t13-,15+/m1/s1. The van der Waals surface area contributed by atoms with E-state index in [0.29, 0.717) is 30.3 Å². The number of sulfone groups is 1. The lowest BCUT2D eigenvalue weighted by atomic mass is 10.2. The zero-order valence-electron chi connectivity index (χ0n) is 14.8. The van der Waals surface area contributed by atoms with E-state index in [1.54, 1.807) is 24.1 Å². The third-order valence-electron chi connectivity index (χ3n) is 4.63. The molecule has 1 aromatic carbocycles. The van der Waals surface area contributed by atoms with Gasteiger partial charge >= 0.3 is 0 Å². The molecular formula is C17H25ClN2O4S. The molecule has 2 rings (SSSR count). The fourth-order valence-corrected chi connectivity index (χ4v) is 4.76. The van der Waals surface area contributed by atoms with Crippen LogP contribution >= 0.6 is 11.6 Å². The number of nitrogens with zero attached hydrogens (tertiary/aromatic N) is 2. The van der Waals surface area contributed by atoms with Crippen LogP contribution in [0.25, 0.3) is 0 Å². The van der Waals surface area contributed by atoms with Crippen LogP contribution in [0.3, 0.4) is 0 Å². The minimum Gasteiger partial charge on any atom is -0.492 e. The summed E-state index contributed by atoms with van der Waals surface area (Å²) in [6, 6.07) is 6.59. The maximum atomic E-state index is 12.6. The SMILES string of the molecule is C[C@H](C(=O)N(C)[C@H]1CCS(=O)(=O)C1)N(C)CCOc1cccc(Cl)c1. The molecular weight excluding hydrogens is 364 g/mol. The predicted molar refractivity (Wildman–Crippen MR) is 98.9 cm³/mol. The number of likely N-dealkylation sites (N-methyl/N-ethyl adjacent to an activating group) is 2. The van der Waals surface area contributed by atoms with Gasteiger partial charge in [0.15, 0.2) is 9.84 Å². The molecule has 0 aliphatic carbocycles. The van der Waals surface area contributed by atoms with Gasteiger partial charge in [-0.1, -0.05) is 17.7 Å². The first-order valence-corrected chi connectivity index (χ1v) is 10.5. The van der Waals surface area contributed by atoms with Crippen LogP contribution in [0, 0.1) is 0 Å². The van der Waals surface area contributed by atoms with E-state index in [9.17, 15) is 13.2 Å². The number of carbonyl (C=O) groups is 1. The second-order valence-electron chi connectivity index (χ2n) is 6.47. The van der Waals surface area contributed by atoms with Gasteiger partial charge in [-0.3, -0.25) is 9.69 Å². The van der Waals surface area contributed by atoms with Crippen molar-refractivity contribution >= 4 is 27.3 Å². The first-order valence-electron chi connectivity index (χ1n) is 8.25. The molecule has 1 saturated heterocycles. The minimum absolute atomic E-state index is 0.0591. The highest BCUT2D eigenvalue weighted by Crippen LogP contribution is 2.19. The number of hydrogen-bond acceptors (Lipinski definition) is 5. The fraction of sp³-hybridized carbons (Fsp3) is 0.588. The number of hydrogen-bond donors (Lipinski definition) is 0. The van der Waals surface area contributed by atoms with Crippen LogP contribution in [0.4, 0.5) is 0 Å². The summed E-state index contributed by atoms with van der Waals surface area (Å²) in [4.78, 5) is 16.1. The van der Waals surface area contributed by atoms with E-state index in [0.717, 1.165) is 0 Å². The molecule has 1 fully saturated rings. The molecule has 140 valence electrons. The van der Waals surface area contributed by atoms with Gasteiger partial charge in [-0.05, 0) is 38.6 Å². The summed E-state index contributed by atoms with van der Waals surface area (Å²) in [5, 5.41) is 0.613. The molecule has 8 heteroatoms. The minimum atomic E-state index is -3.01. The molecule has 6 nitrogen and oxygen atoms in total. The van der Waals surface area contributed by atoms with Gasteiger partial charge in [0.2, 0.25) is 5.91 Å². The largest absolute Gasteiger partial charge is 0.492 e. The van der Waals surface area contributed by atoms with Crippen molar-refractivity contribution in [1.82, 2.24) is 9.80 Å². The lowest BCUT2D eigenvalue weighted by Gasteiger charge is -2.31. The highest BCUT2D eigenvalue weighted by atomic mass is 35.5. The predicted octanol–water partition coefficient (Wildman–Crippen LogP) is 1.68. The second kappa shape index (κ2) is 8.38. The van der Waals surface area contributed by atoms with E-state index in [-0.39, 0.29) is 29.5 Å². The molecule has 1 aliphatic heterocycles. The lowest BCUT2D eigenvalue weighted by Crippen LogP contribution is -2.49. The van der Waals surface area contributed by atoms with Crippen molar-refractivity contribution in [2.45, 2.75) is 25.4 Å². The first kappa shape index (κ1) is 20.0. The molecule has 1 heterocycles. The van der Waals surface area contributed by atoms with E-state index in [1.807, 2.05) is 31.0 Å². The Morgan fingerprint density at radius 3 is 2.72 bits per heavy atom. The third-order valence-corrected chi connectivity index (χ3v) is 6.62. The number of halogens is 1. The zero-order valence-corrected chi connectivity index (χ0v) is 16.4. The Hall–Kier alpha value is -1.31. The Bertz CT molecular complexity index is 710. The number of carbonyl (C=O) groups excluding carboxylic acids is 1. The van der Waals surface area contributed by atoms with Crippen molar-refractivity contribution in [2.75, 3.05) is 38.8 Å². The van der Waals surface area contributed by atoms with E-state index >= 15 is 0 Å². The van der Waals surface area contributed by atoms with Crippen molar-refractivity contribution < 1.29 is 17.9 Å². The Kier molecular flexibility index (Phi) is 6.71. The average Bonchev–Trinajstić information content (AvgIpc) is 2.92. The van der Waals surface area contributed by atoms with Crippen LogP contribution < -0.4 is 4.74 Å². The van der Waals surface area contributed by atoms with Gasteiger partial charge in [-0.15, -0.1) is 0 Å². The first-order chi connectivity index (χ1) is 11.7. The molecule has 1 aliphatic rings. The molecule has 0 bridgehead atoms. The molecule has 2 atom stereocenters. The molecule has 0 N–H and O–H groups in total. The van der Waals surface area contributed by atoms with Crippen LogP contribution in [0.15, 0.2) is 24.3 Å². The summed E-state index contributed by atoms with van der Waals surface area (Å²) in [6.07, 6.45) is 0.513. The number of amides is 1. The molecule has 1 amide bonds. The van der Waals surface area contributed by atoms with E-state index < -0.39 is 9.84 Å². The Labute approximate surface area is 154 Å². The Morgan fingerprint density at radius 1 is 1.40 bits per heavy atom. The monoisotopic (exact) mass is 388 g/mol. The summed E-state index contributed by atoms with van der Waals surface area (Å²) < 4.78 is 28.8. The van der Waals surface area contributed by atoms with Crippen molar-refractivity contribution in [2.24, 2.45) is 0 Å². The van der Waals surface area contributed by atoms with Gasteiger partial charge < -0.3 is 9.64 Å². The van der Waals surface area contributed by atoms with E-state index in [2.05, 4.69) is 0 Å². The van der Waals surface area contributed by atoms with Crippen LogP contribution in [-0.4, -0.2) is 75.0 Å². The number of benzene rings is 1. The van der Waals surface area contributed by atoms with Crippen molar-refractivity contribution in [3.63, 3.8) is 0 Å². The summed E-state index contributed by atoms with van der Waals surface area (Å²) in [6.45, 7) is 2.81. The van der Waals surface area contributed by atoms with Gasteiger partial charge in [-0.2, -0.15) is 0 Å². The molecule has 0 radical (unpaired) electrons. The molecule has 0 aromatic heterocycles. The van der Waals surface area contributed by atoms with Gasteiger partial charge in [0.25, 0.3) is 0 Å². The molecule has 0 unspecified atom stereocenters. The van der Waals surface area contributed by atoms with Gasteiger partial charge in [-0.25, -0.2) is 8.42 Å². The fourth-order valence-electron chi connectivity index (χ4n) is 2.80.